The molecule has 0 N–H and O–H groups in total. The molecule has 0 radical (unpaired) electrons. The van der Waals surface area contributed by atoms with E-state index in [2.05, 4.69) is 4.90 Å². The Morgan fingerprint density at radius 2 is 1.78 bits per heavy atom. The van der Waals surface area contributed by atoms with Crippen LogP contribution in [-0.2, 0) is 4.74 Å². The van der Waals surface area contributed by atoms with Gasteiger partial charge in [0.05, 0.1) is 19.3 Å². The molecule has 27 heavy (non-hydrogen) atoms. The molecule has 0 aromatic heterocycles. The topological polar surface area (TPSA) is 36.0 Å². The van der Waals surface area contributed by atoms with Gasteiger partial charge in [0.15, 0.2) is 11.6 Å². The Balaban J connectivity index is 1.50. The molecule has 5 aliphatic heterocycles. The Kier molecular flexibility index (Phi) is 4.31. The minimum absolute atomic E-state index is 0.0290. The number of morpholine rings is 1. The van der Waals surface area contributed by atoms with Gasteiger partial charge in [0.1, 0.15) is 0 Å². The van der Waals surface area contributed by atoms with Gasteiger partial charge in [-0.2, -0.15) is 0 Å². The second-order valence-electron chi connectivity index (χ2n) is 8.14. The molecule has 146 valence electrons. The fourth-order valence-corrected chi connectivity index (χ4v) is 5.66. The molecule has 1 aromatic carbocycles. The summed E-state index contributed by atoms with van der Waals surface area (Å²) in [5.74, 6) is -1.30. The molecule has 2 bridgehead atoms. The number of fused-ring (bicyclic) bond motifs is 2. The molecule has 0 spiro atoms. The van der Waals surface area contributed by atoms with E-state index in [1.165, 1.54) is 0 Å². The van der Waals surface area contributed by atoms with Crippen LogP contribution in [0.4, 0.5) is 13.6 Å². The summed E-state index contributed by atoms with van der Waals surface area (Å²) in [5, 5.41) is 0. The van der Waals surface area contributed by atoms with Crippen LogP contribution < -0.4 is 0 Å². The molecule has 0 aliphatic carbocycles. The maximum atomic E-state index is 14.6. The number of carbonyl (C=O) groups is 1. The molecule has 0 unspecified atom stereocenters. The zero-order chi connectivity index (χ0) is 18.5. The third kappa shape index (κ3) is 2.74. The lowest BCUT2D eigenvalue weighted by molar-refractivity contribution is -0.00737. The van der Waals surface area contributed by atoms with Gasteiger partial charge < -0.3 is 14.5 Å². The quantitative estimate of drug-likeness (QED) is 0.753. The summed E-state index contributed by atoms with van der Waals surface area (Å²) in [7, 11) is 0. The lowest BCUT2D eigenvalue weighted by atomic mass is 9.75. The van der Waals surface area contributed by atoms with Crippen molar-refractivity contribution in [2.75, 3.05) is 45.9 Å². The van der Waals surface area contributed by atoms with E-state index in [0.717, 1.165) is 32.0 Å². The summed E-state index contributed by atoms with van der Waals surface area (Å²) in [6.07, 6.45) is 2.15. The third-order valence-corrected chi connectivity index (χ3v) is 6.90. The summed E-state index contributed by atoms with van der Waals surface area (Å²) in [6.45, 7) is 4.74. The molecule has 5 aliphatic rings. The number of hydrogen-bond donors (Lipinski definition) is 0. The Bertz CT molecular complexity index is 732. The number of rotatable bonds is 1. The molecular weight excluding hydrogens is 352 g/mol. The van der Waals surface area contributed by atoms with Crippen LogP contribution in [0.5, 0.6) is 0 Å². The van der Waals surface area contributed by atoms with Gasteiger partial charge in [0.2, 0.25) is 0 Å². The second kappa shape index (κ2) is 6.71. The number of carbonyl (C=O) groups excluding carboxylic acids is 1. The molecule has 6 rings (SSSR count). The Morgan fingerprint density at radius 3 is 2.52 bits per heavy atom. The number of ether oxygens (including phenoxy) is 1. The van der Waals surface area contributed by atoms with E-state index < -0.39 is 11.6 Å². The zero-order valence-electron chi connectivity index (χ0n) is 15.3. The van der Waals surface area contributed by atoms with Crippen molar-refractivity contribution in [2.45, 2.75) is 30.8 Å². The van der Waals surface area contributed by atoms with Crippen LogP contribution in [0.2, 0.25) is 0 Å². The molecule has 5 fully saturated rings. The molecule has 1 aromatic rings. The number of halogens is 2. The van der Waals surface area contributed by atoms with Crippen LogP contribution in [0.1, 0.15) is 24.3 Å². The predicted molar refractivity (Wildman–Crippen MR) is 95.5 cm³/mol. The highest BCUT2D eigenvalue weighted by molar-refractivity contribution is 5.76. The van der Waals surface area contributed by atoms with Crippen molar-refractivity contribution in [3.8, 4) is 0 Å². The lowest BCUT2D eigenvalue weighted by Crippen LogP contribution is -2.62. The van der Waals surface area contributed by atoms with Crippen molar-refractivity contribution in [1.82, 2.24) is 14.7 Å². The maximum Gasteiger partial charge on any atom is 0.320 e. The second-order valence-corrected chi connectivity index (χ2v) is 8.14. The van der Waals surface area contributed by atoms with Crippen molar-refractivity contribution in [3.05, 3.63) is 35.4 Å². The maximum absolute atomic E-state index is 14.6. The minimum Gasteiger partial charge on any atom is -0.378 e. The summed E-state index contributed by atoms with van der Waals surface area (Å²) in [6, 6.07) is 4.63. The van der Waals surface area contributed by atoms with Crippen LogP contribution in [-0.4, -0.2) is 78.8 Å². The number of likely N-dealkylation sites (tertiary alicyclic amines) is 1. The Hall–Kier alpha value is -1.73. The molecule has 5 heterocycles. The molecule has 5 saturated heterocycles. The van der Waals surface area contributed by atoms with Gasteiger partial charge in [-0.25, -0.2) is 13.6 Å². The largest absolute Gasteiger partial charge is 0.378 e. The number of urea groups is 1. The highest BCUT2D eigenvalue weighted by Gasteiger charge is 2.55. The van der Waals surface area contributed by atoms with Crippen molar-refractivity contribution in [2.24, 2.45) is 5.92 Å². The van der Waals surface area contributed by atoms with Crippen LogP contribution in [0.25, 0.3) is 0 Å². The van der Waals surface area contributed by atoms with Crippen molar-refractivity contribution in [3.63, 3.8) is 0 Å². The number of piperidine rings is 3. The number of hydrogen-bond acceptors (Lipinski definition) is 3. The van der Waals surface area contributed by atoms with Crippen LogP contribution in [0, 0.1) is 17.6 Å². The van der Waals surface area contributed by atoms with Crippen molar-refractivity contribution < 1.29 is 18.3 Å². The van der Waals surface area contributed by atoms with E-state index in [0.29, 0.717) is 44.3 Å². The van der Waals surface area contributed by atoms with Gasteiger partial charge in [-0.1, -0.05) is 12.1 Å². The van der Waals surface area contributed by atoms with Crippen LogP contribution >= 0.6 is 0 Å². The first kappa shape index (κ1) is 17.4. The van der Waals surface area contributed by atoms with E-state index in [1.54, 1.807) is 12.1 Å². The van der Waals surface area contributed by atoms with E-state index in [9.17, 15) is 13.6 Å². The summed E-state index contributed by atoms with van der Waals surface area (Å²) < 4.78 is 33.9. The fourth-order valence-electron chi connectivity index (χ4n) is 5.66. The lowest BCUT2D eigenvalue weighted by Gasteiger charge is -2.51. The van der Waals surface area contributed by atoms with Gasteiger partial charge >= 0.3 is 6.03 Å². The average molecular weight is 377 g/mol. The van der Waals surface area contributed by atoms with Gasteiger partial charge in [-0.15, -0.1) is 0 Å². The fraction of sp³-hybridized carbons (Fsp3) is 0.650. The van der Waals surface area contributed by atoms with Gasteiger partial charge in [0.25, 0.3) is 0 Å². The first-order valence-corrected chi connectivity index (χ1v) is 9.96. The number of nitrogens with zero attached hydrogens (tertiary/aromatic N) is 3. The first-order valence-electron chi connectivity index (χ1n) is 9.96. The molecule has 3 atom stereocenters. The number of benzene rings is 1. The van der Waals surface area contributed by atoms with Gasteiger partial charge in [-0.05, 0) is 43.5 Å². The van der Waals surface area contributed by atoms with E-state index in [1.807, 2.05) is 9.80 Å². The van der Waals surface area contributed by atoms with Crippen LogP contribution in [0.3, 0.4) is 0 Å². The number of amides is 2. The summed E-state index contributed by atoms with van der Waals surface area (Å²) in [5.41, 5.74) is 0.412. The highest BCUT2D eigenvalue weighted by Crippen LogP contribution is 2.47. The standard InChI is InChI=1S/C20H25F2N3O2/c21-16-3-1-2-14(17(16)22)15-12-25(20(26)24-8-10-27-11-9-24)18-13-4-6-23(7-5-13)19(15)18/h1-3,13,15,18-19H,4-12H2/t15-,18+,19+/m0/s1. The molecular formula is C20H25F2N3O2. The van der Waals surface area contributed by atoms with E-state index in [-0.39, 0.29) is 24.0 Å². The minimum atomic E-state index is -0.807. The van der Waals surface area contributed by atoms with Crippen LogP contribution in [0.15, 0.2) is 18.2 Å². The van der Waals surface area contributed by atoms with E-state index >= 15 is 0 Å². The van der Waals surface area contributed by atoms with Gasteiger partial charge in [0, 0.05) is 31.6 Å². The average Bonchev–Trinajstić information content (AvgIpc) is 3.14. The normalized spacial score (nSPS) is 35.4. The SMILES string of the molecule is O=C(N1CCOCC1)N1C[C@@H](c2cccc(F)c2F)[C@@H]2[C@H]1C1CCN2CC1. The highest BCUT2D eigenvalue weighted by atomic mass is 19.2. The molecule has 0 saturated carbocycles. The first-order chi connectivity index (χ1) is 13.1. The monoisotopic (exact) mass is 377 g/mol. The Labute approximate surface area is 157 Å². The van der Waals surface area contributed by atoms with Crippen molar-refractivity contribution >= 4 is 6.03 Å². The summed E-state index contributed by atoms with van der Waals surface area (Å²) in [4.78, 5) is 19.5. The molecule has 5 nitrogen and oxygen atoms in total. The van der Waals surface area contributed by atoms with Crippen molar-refractivity contribution in [1.29, 1.82) is 0 Å². The predicted octanol–water partition coefficient (Wildman–Crippen LogP) is 2.28. The third-order valence-electron chi connectivity index (χ3n) is 6.90. The Morgan fingerprint density at radius 1 is 1.04 bits per heavy atom. The smallest absolute Gasteiger partial charge is 0.320 e. The van der Waals surface area contributed by atoms with Gasteiger partial charge in [-0.3, -0.25) is 4.90 Å². The summed E-state index contributed by atoms with van der Waals surface area (Å²) >= 11 is 0. The zero-order valence-corrected chi connectivity index (χ0v) is 15.3. The van der Waals surface area contributed by atoms with E-state index in [4.69, 9.17) is 4.74 Å². The molecule has 7 heteroatoms. The molecule has 2 amide bonds.